The summed E-state index contributed by atoms with van der Waals surface area (Å²) in [5.41, 5.74) is 0.659. The Morgan fingerprint density at radius 2 is 1.86 bits per heavy atom. The summed E-state index contributed by atoms with van der Waals surface area (Å²) < 4.78 is 13.9. The predicted molar refractivity (Wildman–Crippen MR) is 105 cm³/mol. The molecule has 0 bridgehead atoms. The minimum absolute atomic E-state index is 0.0000779. The SMILES string of the molecule is CN(C)C(=O)N1C[C@H]2CN(C(=O)c3cccc(=O)[nH]3)C[C@H]2[C@H]1c1cccc(F)c1. The van der Waals surface area contributed by atoms with E-state index in [1.54, 1.807) is 42.1 Å². The molecule has 2 aliphatic rings. The lowest BCUT2D eigenvalue weighted by atomic mass is 9.89. The molecule has 2 saturated heterocycles. The number of carbonyl (C=O) groups excluding carboxylic acids is 2. The van der Waals surface area contributed by atoms with Gasteiger partial charge in [-0.25, -0.2) is 9.18 Å². The summed E-state index contributed by atoms with van der Waals surface area (Å²) in [4.78, 5) is 44.7. The van der Waals surface area contributed by atoms with Crippen molar-refractivity contribution in [2.75, 3.05) is 33.7 Å². The predicted octanol–water partition coefficient (Wildman–Crippen LogP) is 1.94. The van der Waals surface area contributed by atoms with Crippen LogP contribution in [0, 0.1) is 17.7 Å². The van der Waals surface area contributed by atoms with E-state index in [1.165, 1.54) is 23.1 Å². The summed E-state index contributed by atoms with van der Waals surface area (Å²) in [6.07, 6.45) is 0. The lowest BCUT2D eigenvalue weighted by molar-refractivity contribution is 0.0760. The summed E-state index contributed by atoms with van der Waals surface area (Å²) in [5, 5.41) is 0. The van der Waals surface area contributed by atoms with Gasteiger partial charge in [-0.05, 0) is 23.8 Å². The molecule has 0 unspecified atom stereocenters. The highest BCUT2D eigenvalue weighted by atomic mass is 19.1. The standard InChI is InChI=1S/C21H23FN4O3/c1-24(2)21(29)26-11-14-10-25(20(28)17-7-4-8-18(27)23-17)12-16(14)19(26)13-5-3-6-15(22)9-13/h3-9,14,16,19H,10-12H2,1-2H3,(H,23,27)/t14-,16-,19-/m1/s1. The third kappa shape index (κ3) is 3.50. The zero-order valence-corrected chi connectivity index (χ0v) is 16.3. The monoisotopic (exact) mass is 398 g/mol. The van der Waals surface area contributed by atoms with Gasteiger partial charge in [-0.3, -0.25) is 9.59 Å². The maximum Gasteiger partial charge on any atom is 0.320 e. The molecule has 0 radical (unpaired) electrons. The molecule has 1 N–H and O–H groups in total. The summed E-state index contributed by atoms with van der Waals surface area (Å²) >= 11 is 0. The molecule has 1 aromatic heterocycles. The van der Waals surface area contributed by atoms with Crippen molar-refractivity contribution < 1.29 is 14.0 Å². The number of halogens is 1. The first-order valence-electron chi connectivity index (χ1n) is 9.57. The number of likely N-dealkylation sites (tertiary alicyclic amines) is 2. The average molecular weight is 398 g/mol. The fourth-order valence-electron chi connectivity index (χ4n) is 4.53. The second-order valence-corrected chi connectivity index (χ2v) is 7.89. The largest absolute Gasteiger partial charge is 0.337 e. The second kappa shape index (κ2) is 7.35. The van der Waals surface area contributed by atoms with Crippen molar-refractivity contribution in [1.29, 1.82) is 0 Å². The number of nitrogens with one attached hydrogen (secondary N) is 1. The number of H-pyrrole nitrogens is 1. The van der Waals surface area contributed by atoms with Crippen LogP contribution < -0.4 is 5.56 Å². The van der Waals surface area contributed by atoms with E-state index in [9.17, 15) is 18.8 Å². The topological polar surface area (TPSA) is 76.7 Å². The van der Waals surface area contributed by atoms with E-state index in [2.05, 4.69) is 4.98 Å². The molecule has 152 valence electrons. The van der Waals surface area contributed by atoms with Crippen LogP contribution in [0.25, 0.3) is 0 Å². The van der Waals surface area contributed by atoms with E-state index in [-0.39, 0.29) is 46.9 Å². The lowest BCUT2D eigenvalue weighted by Crippen LogP contribution is -2.42. The molecular weight excluding hydrogens is 375 g/mol. The van der Waals surface area contributed by atoms with Crippen molar-refractivity contribution >= 4 is 11.9 Å². The van der Waals surface area contributed by atoms with Gasteiger partial charge in [-0.1, -0.05) is 18.2 Å². The Labute approximate surface area is 167 Å². The first-order chi connectivity index (χ1) is 13.8. The second-order valence-electron chi connectivity index (χ2n) is 7.89. The van der Waals surface area contributed by atoms with Crippen LogP contribution >= 0.6 is 0 Å². The summed E-state index contributed by atoms with van der Waals surface area (Å²) in [7, 11) is 3.39. The van der Waals surface area contributed by atoms with Crippen LogP contribution in [0.2, 0.25) is 0 Å². The van der Waals surface area contributed by atoms with Crippen molar-refractivity contribution in [3.8, 4) is 0 Å². The van der Waals surface area contributed by atoms with Crippen LogP contribution in [0.4, 0.5) is 9.18 Å². The Kier molecular flexibility index (Phi) is 4.86. The van der Waals surface area contributed by atoms with Crippen LogP contribution in [-0.2, 0) is 0 Å². The first-order valence-corrected chi connectivity index (χ1v) is 9.57. The Bertz CT molecular complexity index is 1010. The van der Waals surface area contributed by atoms with E-state index >= 15 is 0 Å². The molecule has 1 aromatic carbocycles. The Balaban J connectivity index is 1.63. The van der Waals surface area contributed by atoms with Gasteiger partial charge in [0, 0.05) is 51.6 Å². The number of amides is 3. The molecule has 8 heteroatoms. The lowest BCUT2D eigenvalue weighted by Gasteiger charge is -2.31. The van der Waals surface area contributed by atoms with Crippen molar-refractivity contribution in [3.05, 3.63) is 69.9 Å². The summed E-state index contributed by atoms with van der Waals surface area (Å²) in [6, 6.07) is 10.4. The number of benzene rings is 1. The number of pyridine rings is 1. The van der Waals surface area contributed by atoms with Gasteiger partial charge in [0.1, 0.15) is 11.5 Å². The molecule has 3 atom stereocenters. The minimum atomic E-state index is -0.351. The zero-order chi connectivity index (χ0) is 20.7. The molecule has 7 nitrogen and oxygen atoms in total. The molecule has 29 heavy (non-hydrogen) atoms. The number of fused-ring (bicyclic) bond motifs is 1. The van der Waals surface area contributed by atoms with E-state index in [4.69, 9.17) is 0 Å². The summed E-state index contributed by atoms with van der Waals surface area (Å²) in [5.74, 6) is -0.497. The highest BCUT2D eigenvalue weighted by molar-refractivity contribution is 5.92. The number of hydrogen-bond acceptors (Lipinski definition) is 3. The first kappa shape index (κ1) is 19.2. The Hall–Kier alpha value is -3.16. The van der Waals surface area contributed by atoms with Gasteiger partial charge in [0.05, 0.1) is 6.04 Å². The quantitative estimate of drug-likeness (QED) is 0.840. The van der Waals surface area contributed by atoms with Crippen LogP contribution in [0.3, 0.4) is 0 Å². The van der Waals surface area contributed by atoms with Gasteiger partial charge in [0.2, 0.25) is 5.56 Å². The highest BCUT2D eigenvalue weighted by Crippen LogP contribution is 2.45. The summed E-state index contributed by atoms with van der Waals surface area (Å²) in [6.45, 7) is 1.43. The van der Waals surface area contributed by atoms with Crippen LogP contribution in [0.5, 0.6) is 0 Å². The molecule has 2 fully saturated rings. The highest BCUT2D eigenvalue weighted by Gasteiger charge is 2.50. The number of nitrogens with zero attached hydrogens (tertiary/aromatic N) is 3. The van der Waals surface area contributed by atoms with Gasteiger partial charge in [-0.15, -0.1) is 0 Å². The zero-order valence-electron chi connectivity index (χ0n) is 16.3. The molecule has 0 aliphatic carbocycles. The molecule has 3 heterocycles. The Morgan fingerprint density at radius 1 is 1.10 bits per heavy atom. The van der Waals surface area contributed by atoms with Crippen molar-refractivity contribution in [1.82, 2.24) is 19.7 Å². The van der Waals surface area contributed by atoms with Gasteiger partial charge in [0.15, 0.2) is 0 Å². The van der Waals surface area contributed by atoms with Gasteiger partial charge in [-0.2, -0.15) is 0 Å². The van der Waals surface area contributed by atoms with Crippen LogP contribution in [0.15, 0.2) is 47.3 Å². The molecular formula is C21H23FN4O3. The number of rotatable bonds is 2. The van der Waals surface area contributed by atoms with E-state index in [0.29, 0.717) is 19.6 Å². The fraction of sp³-hybridized carbons (Fsp3) is 0.381. The number of carbonyl (C=O) groups is 2. The van der Waals surface area contributed by atoms with Crippen LogP contribution in [0.1, 0.15) is 22.1 Å². The maximum absolute atomic E-state index is 13.9. The maximum atomic E-state index is 13.9. The van der Waals surface area contributed by atoms with E-state index in [0.717, 1.165) is 5.56 Å². The number of aromatic amines is 1. The molecule has 0 saturated carbocycles. The number of urea groups is 1. The third-order valence-corrected chi connectivity index (χ3v) is 5.77. The minimum Gasteiger partial charge on any atom is -0.337 e. The molecule has 2 aliphatic heterocycles. The van der Waals surface area contributed by atoms with Crippen molar-refractivity contribution in [3.63, 3.8) is 0 Å². The van der Waals surface area contributed by atoms with E-state index in [1.807, 2.05) is 6.07 Å². The normalized spacial score (nSPS) is 23.2. The fourth-order valence-corrected chi connectivity index (χ4v) is 4.53. The Morgan fingerprint density at radius 3 is 2.55 bits per heavy atom. The van der Waals surface area contributed by atoms with Crippen LogP contribution in [-0.4, -0.2) is 65.4 Å². The third-order valence-electron chi connectivity index (χ3n) is 5.77. The average Bonchev–Trinajstić information content (AvgIpc) is 3.24. The number of aromatic nitrogens is 1. The van der Waals surface area contributed by atoms with Gasteiger partial charge in [0.25, 0.3) is 5.91 Å². The smallest absolute Gasteiger partial charge is 0.320 e. The van der Waals surface area contributed by atoms with Crippen molar-refractivity contribution in [2.45, 2.75) is 6.04 Å². The number of hydrogen-bond donors (Lipinski definition) is 1. The molecule has 2 aromatic rings. The van der Waals surface area contributed by atoms with E-state index < -0.39 is 0 Å². The molecule has 4 rings (SSSR count). The molecule has 0 spiro atoms. The van der Waals surface area contributed by atoms with Gasteiger partial charge < -0.3 is 19.7 Å². The van der Waals surface area contributed by atoms with Crippen molar-refractivity contribution in [2.24, 2.45) is 11.8 Å². The van der Waals surface area contributed by atoms with Gasteiger partial charge >= 0.3 is 6.03 Å². The molecule has 3 amide bonds.